The zero-order valence-electron chi connectivity index (χ0n) is 13.1. The maximum absolute atomic E-state index is 11.3. The van der Waals surface area contributed by atoms with E-state index in [9.17, 15) is 8.42 Å². The highest BCUT2D eigenvalue weighted by Gasteiger charge is 2.11. The zero-order valence-corrected chi connectivity index (χ0v) is 17.0. The van der Waals surface area contributed by atoms with Crippen molar-refractivity contribution in [3.8, 4) is 5.75 Å². The van der Waals surface area contributed by atoms with Crippen molar-refractivity contribution in [2.45, 2.75) is 24.8 Å². The van der Waals surface area contributed by atoms with Crippen molar-refractivity contribution in [1.29, 1.82) is 0 Å². The summed E-state index contributed by atoms with van der Waals surface area (Å²) in [5, 5.41) is 8.35. The van der Waals surface area contributed by atoms with Crippen LogP contribution in [0.5, 0.6) is 5.75 Å². The summed E-state index contributed by atoms with van der Waals surface area (Å²) in [7, 11) is -3.68. The molecule has 130 valence electrons. The molecule has 0 aliphatic carbocycles. The monoisotopic (exact) mass is 476 g/mol. The van der Waals surface area contributed by atoms with Gasteiger partial charge in [-0.15, -0.1) is 0 Å². The quantitative estimate of drug-likeness (QED) is 0.624. The molecule has 0 aromatic heterocycles. The maximum atomic E-state index is 11.3. The smallest absolute Gasteiger partial charge is 0.238 e. The molecule has 0 saturated carbocycles. The van der Waals surface area contributed by atoms with Crippen LogP contribution in [0.3, 0.4) is 0 Å². The van der Waals surface area contributed by atoms with E-state index in [4.69, 9.17) is 9.88 Å². The molecule has 2 aromatic carbocycles. The summed E-state index contributed by atoms with van der Waals surface area (Å²) in [5.74, 6) is 0.800. The van der Waals surface area contributed by atoms with Crippen LogP contribution < -0.4 is 15.2 Å². The summed E-state index contributed by atoms with van der Waals surface area (Å²) in [4.78, 5) is 0.0882. The molecule has 0 radical (unpaired) electrons. The number of rotatable bonds is 7. The molecule has 0 aliphatic heterocycles. The molecule has 0 amide bonds. The minimum atomic E-state index is -3.68. The first-order valence-electron chi connectivity index (χ1n) is 7.28. The van der Waals surface area contributed by atoms with Crippen LogP contribution in [-0.2, 0) is 16.6 Å². The zero-order chi connectivity index (χ0) is 17.7. The van der Waals surface area contributed by atoms with Gasteiger partial charge in [-0.05, 0) is 58.7 Å². The van der Waals surface area contributed by atoms with Crippen LogP contribution in [0.1, 0.15) is 18.9 Å². The standard InChI is InChI=1S/C16H18Br2N2O3S/c1-2-7-23-16-11(8-12(17)9-15(16)18)10-20-13-3-5-14(6-4-13)24(19,21)22/h3-6,8-9,20H,2,7,10H2,1H3,(H2,19,21,22). The highest BCUT2D eigenvalue weighted by Crippen LogP contribution is 2.33. The Labute approximate surface area is 158 Å². The lowest BCUT2D eigenvalue weighted by molar-refractivity contribution is 0.312. The van der Waals surface area contributed by atoms with Crippen molar-refractivity contribution in [3.05, 3.63) is 50.9 Å². The number of sulfonamides is 1. The van der Waals surface area contributed by atoms with Crippen LogP contribution in [0.2, 0.25) is 0 Å². The molecule has 0 atom stereocenters. The molecule has 0 saturated heterocycles. The summed E-state index contributed by atoms with van der Waals surface area (Å²) < 4.78 is 30.2. The topological polar surface area (TPSA) is 81.4 Å². The molecule has 0 fully saturated rings. The Kier molecular flexibility index (Phi) is 6.68. The second-order valence-corrected chi connectivity index (χ2v) is 8.48. The Morgan fingerprint density at radius 2 is 1.83 bits per heavy atom. The second kappa shape index (κ2) is 8.33. The van der Waals surface area contributed by atoms with Gasteiger partial charge in [-0.2, -0.15) is 0 Å². The summed E-state index contributed by atoms with van der Waals surface area (Å²) in [6, 6.07) is 10.2. The normalized spacial score (nSPS) is 11.3. The summed E-state index contributed by atoms with van der Waals surface area (Å²) in [5.41, 5.74) is 1.78. The Morgan fingerprint density at radius 3 is 2.42 bits per heavy atom. The molecule has 0 spiro atoms. The van der Waals surface area contributed by atoms with Gasteiger partial charge in [0.15, 0.2) is 0 Å². The number of halogens is 2. The van der Waals surface area contributed by atoms with E-state index < -0.39 is 10.0 Å². The highest BCUT2D eigenvalue weighted by molar-refractivity contribution is 9.11. The van der Waals surface area contributed by atoms with E-state index in [2.05, 4.69) is 44.1 Å². The molecular weight excluding hydrogens is 460 g/mol. The van der Waals surface area contributed by atoms with Gasteiger partial charge >= 0.3 is 0 Å². The molecule has 5 nitrogen and oxygen atoms in total. The van der Waals surface area contributed by atoms with Crippen molar-refractivity contribution in [2.24, 2.45) is 5.14 Å². The fourth-order valence-corrected chi connectivity index (χ4v) is 4.01. The van der Waals surface area contributed by atoms with E-state index in [0.29, 0.717) is 13.2 Å². The molecule has 2 rings (SSSR count). The van der Waals surface area contributed by atoms with E-state index >= 15 is 0 Å². The van der Waals surface area contributed by atoms with Gasteiger partial charge in [0.1, 0.15) is 5.75 Å². The van der Waals surface area contributed by atoms with Gasteiger partial charge in [-0.3, -0.25) is 0 Å². The van der Waals surface area contributed by atoms with Gasteiger partial charge in [0, 0.05) is 22.3 Å². The van der Waals surface area contributed by atoms with E-state index in [-0.39, 0.29) is 4.90 Å². The Hall–Kier alpha value is -1.09. The predicted molar refractivity (Wildman–Crippen MR) is 103 cm³/mol. The fourth-order valence-electron chi connectivity index (χ4n) is 2.07. The van der Waals surface area contributed by atoms with Crippen molar-refractivity contribution in [2.75, 3.05) is 11.9 Å². The number of nitrogens with two attached hydrogens (primary N) is 1. The first kappa shape index (κ1) is 19.2. The number of ether oxygens (including phenoxy) is 1. The summed E-state index contributed by atoms with van der Waals surface area (Å²) in [6.07, 6.45) is 0.921. The first-order valence-corrected chi connectivity index (χ1v) is 10.4. The van der Waals surface area contributed by atoms with Crippen LogP contribution in [0.4, 0.5) is 5.69 Å². The molecular formula is C16H18Br2N2O3S. The maximum Gasteiger partial charge on any atom is 0.238 e. The number of benzene rings is 2. The minimum absolute atomic E-state index is 0.0882. The summed E-state index contributed by atoms with van der Waals surface area (Å²) >= 11 is 7.00. The number of primary sulfonamides is 1. The van der Waals surface area contributed by atoms with Crippen molar-refractivity contribution < 1.29 is 13.2 Å². The van der Waals surface area contributed by atoms with Crippen LogP contribution in [0.15, 0.2) is 50.2 Å². The van der Waals surface area contributed by atoms with E-state index in [1.807, 2.05) is 12.1 Å². The van der Waals surface area contributed by atoms with Crippen molar-refractivity contribution in [3.63, 3.8) is 0 Å². The Bertz CT molecular complexity index is 809. The molecule has 24 heavy (non-hydrogen) atoms. The van der Waals surface area contributed by atoms with Gasteiger partial charge < -0.3 is 10.1 Å². The average Bonchev–Trinajstić information content (AvgIpc) is 2.51. The third kappa shape index (κ3) is 5.20. The lowest BCUT2D eigenvalue weighted by Gasteiger charge is -2.15. The van der Waals surface area contributed by atoms with Crippen molar-refractivity contribution >= 4 is 47.6 Å². The molecule has 3 N–H and O–H groups in total. The van der Waals surface area contributed by atoms with E-state index in [0.717, 1.165) is 32.4 Å². The molecule has 2 aromatic rings. The van der Waals surface area contributed by atoms with Gasteiger partial charge in [-0.25, -0.2) is 13.6 Å². The summed E-state index contributed by atoms with van der Waals surface area (Å²) in [6.45, 7) is 3.22. The molecule has 8 heteroatoms. The number of hydrogen-bond acceptors (Lipinski definition) is 4. The number of nitrogens with one attached hydrogen (secondary N) is 1. The largest absolute Gasteiger partial charge is 0.492 e. The van der Waals surface area contributed by atoms with Crippen LogP contribution in [0, 0.1) is 0 Å². The third-order valence-corrected chi connectivity index (χ3v) is 5.18. The second-order valence-electron chi connectivity index (χ2n) is 5.15. The fraction of sp³-hybridized carbons (Fsp3) is 0.250. The highest BCUT2D eigenvalue weighted by atomic mass is 79.9. The van der Waals surface area contributed by atoms with Gasteiger partial charge in [0.25, 0.3) is 0 Å². The van der Waals surface area contributed by atoms with Crippen molar-refractivity contribution in [1.82, 2.24) is 0 Å². The molecule has 0 heterocycles. The Balaban J connectivity index is 2.16. The van der Waals surface area contributed by atoms with Crippen LogP contribution in [-0.4, -0.2) is 15.0 Å². The van der Waals surface area contributed by atoms with Crippen LogP contribution >= 0.6 is 31.9 Å². The lowest BCUT2D eigenvalue weighted by Crippen LogP contribution is -2.12. The lowest BCUT2D eigenvalue weighted by atomic mass is 10.2. The molecule has 0 aliphatic rings. The number of hydrogen-bond donors (Lipinski definition) is 2. The van der Waals surface area contributed by atoms with Gasteiger partial charge in [0.05, 0.1) is 16.0 Å². The Morgan fingerprint density at radius 1 is 1.17 bits per heavy atom. The van der Waals surface area contributed by atoms with E-state index in [1.54, 1.807) is 12.1 Å². The van der Waals surface area contributed by atoms with Crippen LogP contribution in [0.25, 0.3) is 0 Å². The number of anilines is 1. The van der Waals surface area contributed by atoms with Gasteiger partial charge in [0.2, 0.25) is 10.0 Å². The molecule has 0 unspecified atom stereocenters. The first-order chi connectivity index (χ1) is 11.3. The molecule has 0 bridgehead atoms. The predicted octanol–water partition coefficient (Wildman–Crippen LogP) is 4.26. The van der Waals surface area contributed by atoms with E-state index in [1.165, 1.54) is 12.1 Å². The average molecular weight is 478 g/mol. The SMILES string of the molecule is CCCOc1c(Br)cc(Br)cc1CNc1ccc(S(N)(=O)=O)cc1. The van der Waals surface area contributed by atoms with Gasteiger partial charge in [-0.1, -0.05) is 22.9 Å². The third-order valence-electron chi connectivity index (χ3n) is 3.20. The minimum Gasteiger partial charge on any atom is -0.492 e.